The summed E-state index contributed by atoms with van der Waals surface area (Å²) in [4.78, 5) is 24.3. The molecule has 354 valence electrons. The van der Waals surface area contributed by atoms with Crippen LogP contribution in [-0.2, 0) is 19.1 Å². The maximum absolute atomic E-state index is 12.2. The van der Waals surface area contributed by atoms with E-state index in [1.165, 1.54) is 12.8 Å². The third kappa shape index (κ3) is 49.9. The fourth-order valence-corrected chi connectivity index (χ4v) is 5.89. The molecule has 0 radical (unpaired) electrons. The molecule has 0 rings (SSSR count). The second-order valence-corrected chi connectivity index (χ2v) is 15.4. The van der Waals surface area contributed by atoms with Crippen molar-refractivity contribution >= 4 is 11.9 Å². The van der Waals surface area contributed by atoms with Gasteiger partial charge in [-0.2, -0.15) is 0 Å². The molecule has 0 saturated heterocycles. The van der Waals surface area contributed by atoms with Crippen molar-refractivity contribution in [3.05, 3.63) is 170 Å². The summed E-state index contributed by atoms with van der Waals surface area (Å²) in [5, 5.41) is 9.58. The first-order valence-corrected chi connectivity index (χ1v) is 24.7. The van der Waals surface area contributed by atoms with Gasteiger partial charge >= 0.3 is 11.9 Å². The Bertz CT molecular complexity index is 1500. The summed E-state index contributed by atoms with van der Waals surface area (Å²) in [6, 6.07) is 0. The van der Waals surface area contributed by atoms with Crippen molar-refractivity contribution in [2.45, 2.75) is 174 Å². The van der Waals surface area contributed by atoms with Crippen LogP contribution in [0, 0.1) is 0 Å². The fourth-order valence-electron chi connectivity index (χ4n) is 5.89. The van der Waals surface area contributed by atoms with Gasteiger partial charge in [0.25, 0.3) is 0 Å². The normalized spacial score (nSPS) is 13.7. The van der Waals surface area contributed by atoms with Crippen LogP contribution in [0.3, 0.4) is 0 Å². The Labute approximate surface area is 392 Å². The van der Waals surface area contributed by atoms with Gasteiger partial charge in [-0.1, -0.05) is 210 Å². The summed E-state index contributed by atoms with van der Waals surface area (Å²) in [5.41, 5.74) is 0. The quantitative estimate of drug-likeness (QED) is 0.0376. The summed E-state index contributed by atoms with van der Waals surface area (Å²) < 4.78 is 10.6. The van der Waals surface area contributed by atoms with Crippen LogP contribution < -0.4 is 0 Å². The SMILES string of the molecule is CC/C=C\C/C=C\C/C=C\C/C=C\C/C=C\C/C=C\C/C=C\C/C=C\C/C=C\C/C=C\CCCCCCCCC(=O)OC(CO)COC(=O)CC/C=C\C/C=C\C/C=C\C/C=C\CC. The second kappa shape index (κ2) is 52.6. The topological polar surface area (TPSA) is 72.8 Å². The van der Waals surface area contributed by atoms with E-state index in [2.05, 4.69) is 172 Å². The average Bonchev–Trinajstić information content (AvgIpc) is 3.30. The van der Waals surface area contributed by atoms with Crippen molar-refractivity contribution in [1.82, 2.24) is 0 Å². The number of hydrogen-bond acceptors (Lipinski definition) is 5. The van der Waals surface area contributed by atoms with E-state index in [0.29, 0.717) is 12.8 Å². The molecule has 0 bridgehead atoms. The molecule has 1 unspecified atom stereocenters. The predicted molar refractivity (Wildman–Crippen MR) is 278 cm³/mol. The summed E-state index contributed by atoms with van der Waals surface area (Å²) in [6.45, 7) is 3.80. The lowest BCUT2D eigenvalue weighted by Gasteiger charge is -2.15. The fraction of sp³-hybridized carbons (Fsp3) is 0.492. The molecular weight excluding hydrogens is 789 g/mol. The van der Waals surface area contributed by atoms with Gasteiger partial charge in [-0.25, -0.2) is 0 Å². The predicted octanol–water partition coefficient (Wildman–Crippen LogP) is 16.6. The van der Waals surface area contributed by atoms with Crippen molar-refractivity contribution in [3.63, 3.8) is 0 Å². The Kier molecular flexibility index (Phi) is 48.7. The van der Waals surface area contributed by atoms with Crippen molar-refractivity contribution in [3.8, 4) is 0 Å². The number of carbonyl (C=O) groups is 2. The van der Waals surface area contributed by atoms with Crippen molar-refractivity contribution in [1.29, 1.82) is 0 Å². The first kappa shape index (κ1) is 59.3. The van der Waals surface area contributed by atoms with Crippen LogP contribution in [0.5, 0.6) is 0 Å². The van der Waals surface area contributed by atoms with Gasteiger partial charge in [0.05, 0.1) is 6.61 Å². The molecule has 5 nitrogen and oxygen atoms in total. The number of esters is 2. The van der Waals surface area contributed by atoms with E-state index in [1.54, 1.807) is 0 Å². The summed E-state index contributed by atoms with van der Waals surface area (Å²) >= 11 is 0. The standard InChI is InChI=1S/C59H88O5/c1-3-5-7-9-11-13-15-17-18-19-20-21-22-23-24-25-26-27-28-29-30-31-32-33-34-35-36-37-38-39-40-42-44-46-48-50-52-54-59(62)64-57(55-60)56-63-58(61)53-51-49-47-45-43-41-16-14-12-10-8-6-4-2/h5-8,11-14,17-18,20-21,23-24,26-27,29-30,32-33,35-36,38-39,41,43,47,49,57,60H,3-4,9-10,15-16,19,22,25,28,31,34,37,40,42,44-46,48,50-56H2,1-2H3/b7-5-,8-6-,13-11-,14-12-,18-17-,21-20-,24-23-,27-26-,30-29-,33-32-,36-35-,39-38-,43-41-,49-47-. The molecule has 0 fully saturated rings. The van der Waals surface area contributed by atoms with E-state index < -0.39 is 6.10 Å². The van der Waals surface area contributed by atoms with Gasteiger partial charge in [0.1, 0.15) is 6.61 Å². The lowest BCUT2D eigenvalue weighted by atomic mass is 10.1. The number of aliphatic hydroxyl groups is 1. The van der Waals surface area contributed by atoms with E-state index in [1.807, 2.05) is 12.2 Å². The molecule has 0 aliphatic heterocycles. The van der Waals surface area contributed by atoms with Gasteiger partial charge in [0, 0.05) is 12.8 Å². The molecule has 0 amide bonds. The molecule has 0 aliphatic rings. The van der Waals surface area contributed by atoms with Gasteiger partial charge in [-0.05, 0) is 116 Å². The highest BCUT2D eigenvalue weighted by Crippen LogP contribution is 2.11. The monoisotopic (exact) mass is 877 g/mol. The molecule has 0 aromatic carbocycles. The highest BCUT2D eigenvalue weighted by molar-refractivity contribution is 5.70. The van der Waals surface area contributed by atoms with Crippen molar-refractivity contribution in [2.75, 3.05) is 13.2 Å². The van der Waals surface area contributed by atoms with Crippen LogP contribution in [0.4, 0.5) is 0 Å². The molecule has 1 N–H and O–H groups in total. The Hall–Kier alpha value is -4.74. The third-order valence-corrected chi connectivity index (χ3v) is 9.52. The van der Waals surface area contributed by atoms with Crippen LogP contribution in [0.2, 0.25) is 0 Å². The van der Waals surface area contributed by atoms with Crippen molar-refractivity contribution < 1.29 is 24.2 Å². The molecule has 0 heterocycles. The van der Waals surface area contributed by atoms with Gasteiger partial charge in [-0.15, -0.1) is 0 Å². The molecule has 0 aliphatic carbocycles. The number of aliphatic hydroxyl groups excluding tert-OH is 1. The third-order valence-electron chi connectivity index (χ3n) is 9.52. The summed E-state index contributed by atoms with van der Waals surface area (Å²) in [6.07, 6.45) is 83.2. The molecule has 0 saturated carbocycles. The molecule has 0 aromatic heterocycles. The molecule has 1 atom stereocenters. The van der Waals surface area contributed by atoms with Gasteiger partial charge in [0.2, 0.25) is 0 Å². The number of unbranched alkanes of at least 4 members (excludes halogenated alkanes) is 6. The number of hydrogen-bond donors (Lipinski definition) is 1. The van der Waals surface area contributed by atoms with Crippen molar-refractivity contribution in [2.24, 2.45) is 0 Å². The van der Waals surface area contributed by atoms with E-state index in [0.717, 1.165) is 122 Å². The van der Waals surface area contributed by atoms with Gasteiger partial charge < -0.3 is 14.6 Å². The first-order valence-electron chi connectivity index (χ1n) is 24.7. The van der Waals surface area contributed by atoms with Crippen LogP contribution in [0.25, 0.3) is 0 Å². The van der Waals surface area contributed by atoms with Crippen LogP contribution >= 0.6 is 0 Å². The Morgan fingerprint density at radius 2 is 0.656 bits per heavy atom. The van der Waals surface area contributed by atoms with E-state index in [9.17, 15) is 14.7 Å². The number of rotatable bonds is 42. The Morgan fingerprint density at radius 3 is 1.00 bits per heavy atom. The molecule has 0 aromatic rings. The largest absolute Gasteiger partial charge is 0.462 e. The van der Waals surface area contributed by atoms with E-state index in [4.69, 9.17) is 9.47 Å². The zero-order chi connectivity index (χ0) is 46.3. The number of allylic oxidation sites excluding steroid dienone is 28. The van der Waals surface area contributed by atoms with E-state index in [-0.39, 0.29) is 31.6 Å². The van der Waals surface area contributed by atoms with Crippen LogP contribution in [0.1, 0.15) is 168 Å². The zero-order valence-corrected chi connectivity index (χ0v) is 40.2. The minimum atomic E-state index is -0.821. The molecule has 5 heteroatoms. The highest BCUT2D eigenvalue weighted by Gasteiger charge is 2.15. The maximum Gasteiger partial charge on any atom is 0.306 e. The summed E-state index contributed by atoms with van der Waals surface area (Å²) in [5.74, 6) is -0.720. The number of ether oxygens (including phenoxy) is 2. The Morgan fingerprint density at radius 1 is 0.359 bits per heavy atom. The average molecular weight is 877 g/mol. The minimum Gasteiger partial charge on any atom is -0.462 e. The van der Waals surface area contributed by atoms with Gasteiger partial charge in [-0.3, -0.25) is 9.59 Å². The summed E-state index contributed by atoms with van der Waals surface area (Å²) in [7, 11) is 0. The highest BCUT2D eigenvalue weighted by atomic mass is 16.6. The second-order valence-electron chi connectivity index (χ2n) is 15.4. The van der Waals surface area contributed by atoms with Crippen LogP contribution in [0.15, 0.2) is 170 Å². The first-order chi connectivity index (χ1) is 31.6. The smallest absolute Gasteiger partial charge is 0.306 e. The molecular formula is C59H88O5. The zero-order valence-electron chi connectivity index (χ0n) is 40.2. The van der Waals surface area contributed by atoms with Crippen LogP contribution in [-0.4, -0.2) is 36.4 Å². The lowest BCUT2D eigenvalue weighted by molar-refractivity contribution is -0.161. The lowest BCUT2D eigenvalue weighted by Crippen LogP contribution is -2.28. The number of carbonyl (C=O) groups excluding carboxylic acids is 2. The minimum absolute atomic E-state index is 0.122. The maximum atomic E-state index is 12.2. The van der Waals surface area contributed by atoms with E-state index >= 15 is 0 Å². The molecule has 64 heavy (non-hydrogen) atoms. The molecule has 0 spiro atoms. The van der Waals surface area contributed by atoms with Gasteiger partial charge in [0.15, 0.2) is 6.10 Å². The Balaban J connectivity index is 3.71.